The number of benzene rings is 2. The van der Waals surface area contributed by atoms with Crippen molar-refractivity contribution in [2.45, 2.75) is 20.3 Å². The zero-order valence-electron chi connectivity index (χ0n) is 19.2. The molecule has 0 saturated carbocycles. The number of nitrogens with zero attached hydrogens (tertiary/aromatic N) is 2. The van der Waals surface area contributed by atoms with E-state index in [2.05, 4.69) is 5.32 Å². The summed E-state index contributed by atoms with van der Waals surface area (Å²) in [6, 6.07) is 12.9. The van der Waals surface area contributed by atoms with Crippen molar-refractivity contribution in [3.05, 3.63) is 64.1 Å². The zero-order valence-corrected chi connectivity index (χ0v) is 20.8. The molecular weight excluding hydrogens is 470 g/mol. The van der Waals surface area contributed by atoms with Gasteiger partial charge in [-0.2, -0.15) is 0 Å². The minimum atomic E-state index is -0.381. The SMILES string of the molecule is COCCCN1C(=O)C(=C2C(=O)N(CC(=O)Nc3ccc(C)c(C)c3)c3ccccc32)SC1=S. The van der Waals surface area contributed by atoms with E-state index in [1.807, 2.05) is 38.1 Å². The van der Waals surface area contributed by atoms with E-state index in [9.17, 15) is 14.4 Å². The van der Waals surface area contributed by atoms with Gasteiger partial charge in [-0.05, 0) is 49.6 Å². The van der Waals surface area contributed by atoms with Crippen molar-refractivity contribution in [2.24, 2.45) is 0 Å². The van der Waals surface area contributed by atoms with Gasteiger partial charge in [-0.1, -0.05) is 48.2 Å². The lowest BCUT2D eigenvalue weighted by atomic mass is 10.1. The fourth-order valence-corrected chi connectivity index (χ4v) is 5.31. The third-order valence-electron chi connectivity index (χ3n) is 5.82. The van der Waals surface area contributed by atoms with Crippen molar-refractivity contribution < 1.29 is 19.1 Å². The number of nitrogens with one attached hydrogen (secondary N) is 1. The second-order valence-corrected chi connectivity index (χ2v) is 9.78. The van der Waals surface area contributed by atoms with Crippen LogP contribution in [0.25, 0.3) is 5.57 Å². The highest BCUT2D eigenvalue weighted by molar-refractivity contribution is 8.26. The smallest absolute Gasteiger partial charge is 0.267 e. The second kappa shape index (κ2) is 10.1. The highest BCUT2D eigenvalue weighted by Crippen LogP contribution is 2.44. The van der Waals surface area contributed by atoms with E-state index in [-0.39, 0.29) is 24.3 Å². The lowest BCUT2D eigenvalue weighted by Gasteiger charge is -2.17. The zero-order chi connectivity index (χ0) is 24.4. The summed E-state index contributed by atoms with van der Waals surface area (Å²) in [6.07, 6.45) is 0.640. The Balaban J connectivity index is 1.59. The summed E-state index contributed by atoms with van der Waals surface area (Å²) in [7, 11) is 1.60. The number of amides is 3. The van der Waals surface area contributed by atoms with Gasteiger partial charge in [-0.15, -0.1) is 0 Å². The predicted molar refractivity (Wildman–Crippen MR) is 139 cm³/mol. The first-order chi connectivity index (χ1) is 16.3. The van der Waals surface area contributed by atoms with Gasteiger partial charge in [0.2, 0.25) is 5.91 Å². The summed E-state index contributed by atoms with van der Waals surface area (Å²) in [5.41, 5.74) is 4.39. The summed E-state index contributed by atoms with van der Waals surface area (Å²) in [6.45, 7) is 4.74. The molecule has 1 fully saturated rings. The van der Waals surface area contributed by atoms with Crippen LogP contribution in [0.3, 0.4) is 0 Å². The Bertz CT molecular complexity index is 1220. The number of aryl methyl sites for hydroxylation is 2. The second-order valence-electron chi connectivity index (χ2n) is 8.13. The molecule has 2 aliphatic heterocycles. The number of hydrogen-bond donors (Lipinski definition) is 1. The number of rotatable bonds is 7. The van der Waals surface area contributed by atoms with Gasteiger partial charge < -0.3 is 10.1 Å². The predicted octanol–water partition coefficient (Wildman–Crippen LogP) is 3.90. The van der Waals surface area contributed by atoms with Gasteiger partial charge in [-0.25, -0.2) is 0 Å². The quantitative estimate of drug-likeness (QED) is 0.357. The van der Waals surface area contributed by atoms with Crippen LogP contribution in [0.2, 0.25) is 0 Å². The Hall–Kier alpha value is -3.01. The number of carbonyl (C=O) groups is 3. The maximum atomic E-state index is 13.5. The number of thioether (sulfide) groups is 1. The van der Waals surface area contributed by atoms with Gasteiger partial charge in [0, 0.05) is 31.5 Å². The lowest BCUT2D eigenvalue weighted by Crippen LogP contribution is -2.35. The molecule has 2 heterocycles. The van der Waals surface area contributed by atoms with Crippen LogP contribution in [0, 0.1) is 13.8 Å². The monoisotopic (exact) mass is 495 g/mol. The Morgan fingerprint density at radius 2 is 1.82 bits per heavy atom. The van der Waals surface area contributed by atoms with Crippen LogP contribution in [0.1, 0.15) is 23.1 Å². The molecule has 0 spiro atoms. The molecule has 0 aromatic heterocycles. The van der Waals surface area contributed by atoms with Gasteiger partial charge in [-0.3, -0.25) is 24.2 Å². The van der Waals surface area contributed by atoms with E-state index < -0.39 is 0 Å². The number of thiocarbonyl (C=S) groups is 1. The molecule has 1 saturated heterocycles. The Labute approximate surface area is 208 Å². The third kappa shape index (κ3) is 4.64. The molecule has 2 aliphatic rings. The maximum Gasteiger partial charge on any atom is 0.267 e. The van der Waals surface area contributed by atoms with Crippen LogP contribution in [0.15, 0.2) is 47.4 Å². The summed E-state index contributed by atoms with van der Waals surface area (Å²) in [5, 5.41) is 2.86. The third-order valence-corrected chi connectivity index (χ3v) is 7.27. The minimum absolute atomic E-state index is 0.166. The topological polar surface area (TPSA) is 79.0 Å². The number of para-hydroxylation sites is 1. The summed E-state index contributed by atoms with van der Waals surface area (Å²) in [5.74, 6) is -0.987. The van der Waals surface area contributed by atoms with Gasteiger partial charge in [0.25, 0.3) is 11.8 Å². The molecule has 1 N–H and O–H groups in total. The number of methoxy groups -OCH3 is 1. The number of carbonyl (C=O) groups excluding carboxylic acids is 3. The van der Waals surface area contributed by atoms with Crippen LogP contribution in [-0.4, -0.2) is 53.7 Å². The molecule has 0 radical (unpaired) electrons. The molecule has 9 heteroatoms. The van der Waals surface area contributed by atoms with Crippen molar-refractivity contribution in [3.63, 3.8) is 0 Å². The first-order valence-corrected chi connectivity index (χ1v) is 12.1. The highest BCUT2D eigenvalue weighted by atomic mass is 32.2. The molecule has 4 rings (SSSR count). The molecule has 2 aromatic rings. The van der Waals surface area contributed by atoms with Crippen LogP contribution >= 0.6 is 24.0 Å². The molecule has 3 amide bonds. The standard InChI is InChI=1S/C25H25N3O4S2/c1-15-9-10-17(13-16(15)2)26-20(29)14-28-19-8-5-4-7-18(19)21(23(28)30)22-24(31)27(25(33)34-22)11-6-12-32-3/h4-5,7-10,13H,6,11-12,14H2,1-3H3,(H,26,29). The number of hydrogen-bond acceptors (Lipinski definition) is 6. The molecule has 176 valence electrons. The number of anilines is 2. The molecule has 0 atom stereocenters. The Kier molecular flexibility index (Phi) is 7.16. The van der Waals surface area contributed by atoms with Crippen molar-refractivity contribution in [1.82, 2.24) is 4.90 Å². The fourth-order valence-electron chi connectivity index (χ4n) is 3.93. The van der Waals surface area contributed by atoms with Gasteiger partial charge in [0.15, 0.2) is 0 Å². The van der Waals surface area contributed by atoms with E-state index in [4.69, 9.17) is 17.0 Å². The van der Waals surface area contributed by atoms with E-state index in [0.717, 1.165) is 22.9 Å². The van der Waals surface area contributed by atoms with E-state index >= 15 is 0 Å². The lowest BCUT2D eigenvalue weighted by molar-refractivity contribution is -0.122. The normalized spacial score (nSPS) is 17.6. The van der Waals surface area contributed by atoms with Crippen molar-refractivity contribution in [2.75, 3.05) is 37.0 Å². The molecule has 0 bridgehead atoms. The van der Waals surface area contributed by atoms with Crippen LogP contribution in [-0.2, 0) is 19.1 Å². The largest absolute Gasteiger partial charge is 0.385 e. The average molecular weight is 496 g/mol. The summed E-state index contributed by atoms with van der Waals surface area (Å²) >= 11 is 6.54. The van der Waals surface area contributed by atoms with E-state index in [1.54, 1.807) is 25.3 Å². The Morgan fingerprint density at radius 1 is 1.06 bits per heavy atom. The number of ether oxygens (including phenoxy) is 1. The van der Waals surface area contributed by atoms with Crippen molar-refractivity contribution in [3.8, 4) is 0 Å². The number of fused-ring (bicyclic) bond motifs is 1. The molecule has 0 aliphatic carbocycles. The fraction of sp³-hybridized carbons (Fsp3) is 0.280. The average Bonchev–Trinajstić information content (AvgIpc) is 3.24. The molecule has 34 heavy (non-hydrogen) atoms. The molecule has 0 unspecified atom stereocenters. The molecular formula is C25H25N3O4S2. The van der Waals surface area contributed by atoms with Crippen LogP contribution < -0.4 is 10.2 Å². The molecule has 2 aromatic carbocycles. The Morgan fingerprint density at radius 3 is 2.56 bits per heavy atom. The first kappa shape index (κ1) is 24.1. The van der Waals surface area contributed by atoms with Crippen molar-refractivity contribution >= 4 is 63.0 Å². The van der Waals surface area contributed by atoms with Crippen molar-refractivity contribution in [1.29, 1.82) is 0 Å². The van der Waals surface area contributed by atoms with Gasteiger partial charge in [0.1, 0.15) is 10.9 Å². The summed E-state index contributed by atoms with van der Waals surface area (Å²) < 4.78 is 5.49. The molecule has 7 nitrogen and oxygen atoms in total. The van der Waals surface area contributed by atoms with E-state index in [1.165, 1.54) is 9.80 Å². The van der Waals surface area contributed by atoms with E-state index in [0.29, 0.717) is 51.3 Å². The van der Waals surface area contributed by atoms with Gasteiger partial charge in [0.05, 0.1) is 16.2 Å². The summed E-state index contributed by atoms with van der Waals surface area (Å²) in [4.78, 5) is 42.7. The van der Waals surface area contributed by atoms with Crippen LogP contribution in [0.4, 0.5) is 11.4 Å². The van der Waals surface area contributed by atoms with Crippen LogP contribution in [0.5, 0.6) is 0 Å². The maximum absolute atomic E-state index is 13.5. The first-order valence-electron chi connectivity index (χ1n) is 10.9. The minimum Gasteiger partial charge on any atom is -0.385 e. The highest BCUT2D eigenvalue weighted by Gasteiger charge is 2.42. The van der Waals surface area contributed by atoms with Gasteiger partial charge >= 0.3 is 0 Å².